The molecule has 0 saturated carbocycles. The number of aromatic nitrogens is 3. The minimum atomic E-state index is -0.364. The topological polar surface area (TPSA) is 124 Å². The van der Waals surface area contributed by atoms with E-state index in [0.717, 1.165) is 16.7 Å². The van der Waals surface area contributed by atoms with Gasteiger partial charge in [-0.25, -0.2) is 14.4 Å². The van der Waals surface area contributed by atoms with Gasteiger partial charge in [0.2, 0.25) is 0 Å². The van der Waals surface area contributed by atoms with E-state index in [4.69, 9.17) is 5.73 Å². The molecule has 7 nitrogen and oxygen atoms in total. The zero-order chi connectivity index (χ0) is 21.8. The van der Waals surface area contributed by atoms with Crippen LogP contribution in [0.2, 0.25) is 0 Å². The van der Waals surface area contributed by atoms with Crippen LogP contribution in [0.5, 0.6) is 0 Å². The molecule has 150 valence electrons. The first-order valence-corrected chi connectivity index (χ1v) is 9.43. The lowest BCUT2D eigenvalue weighted by atomic mass is 9.94. The van der Waals surface area contributed by atoms with Crippen molar-refractivity contribution < 1.29 is 4.39 Å². The van der Waals surface area contributed by atoms with Crippen molar-refractivity contribution in [1.29, 1.82) is 10.5 Å². The molecule has 0 fully saturated rings. The third-order valence-electron chi connectivity index (χ3n) is 4.86. The first kappa shape index (κ1) is 19.7. The average Bonchev–Trinajstić information content (AvgIpc) is 2.79. The second-order valence-electron chi connectivity index (χ2n) is 6.78. The molecule has 0 saturated heterocycles. The zero-order valence-corrected chi connectivity index (χ0v) is 16.3. The van der Waals surface area contributed by atoms with Crippen molar-refractivity contribution in [3.63, 3.8) is 0 Å². The lowest BCUT2D eigenvalue weighted by molar-refractivity contribution is 0.629. The Morgan fingerprint density at radius 2 is 1.90 bits per heavy atom. The molecular formula is C23H16FN7. The fourth-order valence-corrected chi connectivity index (χ4v) is 3.44. The number of rotatable bonds is 5. The fourth-order valence-electron chi connectivity index (χ4n) is 3.44. The molecule has 0 radical (unpaired) electrons. The van der Waals surface area contributed by atoms with Crippen LogP contribution in [-0.4, -0.2) is 21.5 Å². The van der Waals surface area contributed by atoms with Crippen LogP contribution >= 0.6 is 0 Å². The van der Waals surface area contributed by atoms with Gasteiger partial charge in [-0.15, -0.1) is 0 Å². The largest absolute Gasteiger partial charge is 0.382 e. The molecule has 0 unspecified atom stereocenters. The molecule has 4 aromatic rings. The summed E-state index contributed by atoms with van der Waals surface area (Å²) in [5, 5.41) is 22.3. The van der Waals surface area contributed by atoms with Crippen LogP contribution in [0.1, 0.15) is 16.7 Å². The number of fused-ring (bicyclic) bond motifs is 1. The number of nitrogens with one attached hydrogen (secondary N) is 1. The van der Waals surface area contributed by atoms with Crippen LogP contribution in [-0.2, 0) is 6.42 Å². The number of nitriles is 2. The minimum Gasteiger partial charge on any atom is -0.382 e. The summed E-state index contributed by atoms with van der Waals surface area (Å²) in [6, 6.07) is 15.8. The molecule has 2 aromatic heterocycles. The highest BCUT2D eigenvalue weighted by Gasteiger charge is 2.14. The van der Waals surface area contributed by atoms with Crippen LogP contribution in [0, 0.1) is 28.5 Å². The number of hydrogen-bond donors (Lipinski definition) is 2. The van der Waals surface area contributed by atoms with Gasteiger partial charge in [0.15, 0.2) is 0 Å². The third-order valence-corrected chi connectivity index (χ3v) is 4.86. The number of nitrogens with zero attached hydrogens (tertiary/aromatic N) is 5. The van der Waals surface area contributed by atoms with Gasteiger partial charge in [-0.3, -0.25) is 4.98 Å². The van der Waals surface area contributed by atoms with Crippen LogP contribution in [0.4, 0.5) is 16.0 Å². The lowest BCUT2D eigenvalue weighted by Crippen LogP contribution is -2.10. The van der Waals surface area contributed by atoms with E-state index in [9.17, 15) is 14.9 Å². The molecule has 0 spiro atoms. The van der Waals surface area contributed by atoms with Gasteiger partial charge in [0.05, 0.1) is 17.1 Å². The summed E-state index contributed by atoms with van der Waals surface area (Å²) in [5.41, 5.74) is 9.56. The molecule has 4 rings (SSSR count). The van der Waals surface area contributed by atoms with Gasteiger partial charge in [-0.05, 0) is 53.4 Å². The number of pyridine rings is 1. The highest BCUT2D eigenvalue weighted by molar-refractivity contribution is 5.96. The van der Waals surface area contributed by atoms with Gasteiger partial charge < -0.3 is 11.1 Å². The van der Waals surface area contributed by atoms with Gasteiger partial charge in [0.25, 0.3) is 0 Å². The maximum atomic E-state index is 14.1. The van der Waals surface area contributed by atoms with Crippen LogP contribution in [0.3, 0.4) is 0 Å². The highest BCUT2D eigenvalue weighted by atomic mass is 19.1. The number of anilines is 2. The van der Waals surface area contributed by atoms with Crippen molar-refractivity contribution in [2.24, 2.45) is 0 Å². The van der Waals surface area contributed by atoms with E-state index in [0.29, 0.717) is 35.2 Å². The second kappa shape index (κ2) is 8.44. The zero-order valence-electron chi connectivity index (χ0n) is 16.3. The summed E-state index contributed by atoms with van der Waals surface area (Å²) < 4.78 is 14.1. The number of halogens is 1. The smallest absolute Gasteiger partial charge is 0.149 e. The molecule has 2 aromatic carbocycles. The van der Waals surface area contributed by atoms with Crippen LogP contribution < -0.4 is 11.1 Å². The van der Waals surface area contributed by atoms with Crippen molar-refractivity contribution >= 4 is 22.5 Å². The maximum absolute atomic E-state index is 14.1. The molecule has 0 aliphatic rings. The SMILES string of the molecule is N#Cc1cccc(-c2c(CCNc3ncnc(N)c3C#N)cnc3ccc(F)cc23)c1. The van der Waals surface area contributed by atoms with E-state index in [1.54, 1.807) is 30.5 Å². The Balaban J connectivity index is 1.73. The number of hydrogen-bond acceptors (Lipinski definition) is 7. The molecule has 3 N–H and O–H groups in total. The Bertz CT molecular complexity index is 1370. The number of nitrogens with two attached hydrogens (primary N) is 1. The quantitative estimate of drug-likeness (QED) is 0.513. The highest BCUT2D eigenvalue weighted by Crippen LogP contribution is 2.32. The van der Waals surface area contributed by atoms with Gasteiger partial charge in [0, 0.05) is 18.1 Å². The maximum Gasteiger partial charge on any atom is 0.149 e. The Morgan fingerprint density at radius 1 is 1.03 bits per heavy atom. The molecule has 31 heavy (non-hydrogen) atoms. The standard InChI is InChI=1S/C23H16FN7/c24-17-4-5-20-18(9-17)21(15-3-1-2-14(8-15)10-25)16(12-29-20)6-7-28-23-19(11-26)22(27)30-13-31-23/h1-5,8-9,12-13H,6-7H2,(H3,27,28,30,31). The molecule has 0 bridgehead atoms. The van der Waals surface area contributed by atoms with Crippen molar-refractivity contribution in [1.82, 2.24) is 15.0 Å². The molecule has 8 heteroatoms. The van der Waals surface area contributed by atoms with Crippen molar-refractivity contribution in [2.45, 2.75) is 6.42 Å². The molecule has 0 amide bonds. The van der Waals surface area contributed by atoms with Gasteiger partial charge >= 0.3 is 0 Å². The lowest BCUT2D eigenvalue weighted by Gasteiger charge is -2.14. The first-order chi connectivity index (χ1) is 15.1. The minimum absolute atomic E-state index is 0.108. The average molecular weight is 409 g/mol. The molecular weight excluding hydrogens is 393 g/mol. The molecule has 0 atom stereocenters. The van der Waals surface area contributed by atoms with Crippen LogP contribution in [0.25, 0.3) is 22.0 Å². The monoisotopic (exact) mass is 409 g/mol. The van der Waals surface area contributed by atoms with Crippen LogP contribution in [0.15, 0.2) is 55.0 Å². The number of nitrogen functional groups attached to an aromatic ring is 1. The molecule has 0 aliphatic carbocycles. The van der Waals surface area contributed by atoms with E-state index < -0.39 is 0 Å². The van der Waals surface area contributed by atoms with Gasteiger partial charge in [0.1, 0.15) is 35.4 Å². The van der Waals surface area contributed by atoms with Gasteiger partial charge in [-0.2, -0.15) is 10.5 Å². The summed E-state index contributed by atoms with van der Waals surface area (Å²) in [7, 11) is 0. The summed E-state index contributed by atoms with van der Waals surface area (Å²) in [5.74, 6) is 0.0945. The summed E-state index contributed by atoms with van der Waals surface area (Å²) in [4.78, 5) is 12.4. The second-order valence-corrected chi connectivity index (χ2v) is 6.78. The van der Waals surface area contributed by atoms with Crippen molar-refractivity contribution in [2.75, 3.05) is 17.6 Å². The predicted molar refractivity (Wildman–Crippen MR) is 115 cm³/mol. The van der Waals surface area contributed by atoms with E-state index >= 15 is 0 Å². The normalized spacial score (nSPS) is 10.4. The molecule has 2 heterocycles. The fraction of sp³-hybridized carbons (Fsp3) is 0.0870. The van der Waals surface area contributed by atoms with Crippen molar-refractivity contribution in [3.05, 3.63) is 77.5 Å². The predicted octanol–water partition coefficient (Wildman–Crippen LogP) is 3.81. The third kappa shape index (κ3) is 3.96. The summed E-state index contributed by atoms with van der Waals surface area (Å²) in [6.45, 7) is 0.429. The Hall–Kier alpha value is -4.56. The Morgan fingerprint density at radius 3 is 2.71 bits per heavy atom. The summed E-state index contributed by atoms with van der Waals surface area (Å²) in [6.07, 6.45) is 3.55. The van der Waals surface area contributed by atoms with E-state index in [2.05, 4.69) is 26.3 Å². The number of benzene rings is 2. The van der Waals surface area contributed by atoms with E-state index in [1.165, 1.54) is 18.5 Å². The summed E-state index contributed by atoms with van der Waals surface area (Å²) >= 11 is 0. The Kier molecular flexibility index (Phi) is 5.37. The van der Waals surface area contributed by atoms with E-state index in [-0.39, 0.29) is 17.2 Å². The van der Waals surface area contributed by atoms with E-state index in [1.807, 2.05) is 12.1 Å². The van der Waals surface area contributed by atoms with Crippen molar-refractivity contribution in [3.8, 4) is 23.3 Å². The first-order valence-electron chi connectivity index (χ1n) is 9.43. The Labute approximate surface area is 177 Å². The molecule has 0 aliphatic heterocycles. The van der Waals surface area contributed by atoms with Gasteiger partial charge in [-0.1, -0.05) is 12.1 Å².